The topological polar surface area (TPSA) is 98.7 Å². The molecule has 0 unspecified atom stereocenters. The summed E-state index contributed by atoms with van der Waals surface area (Å²) in [6, 6.07) is 7.30. The van der Waals surface area contributed by atoms with Crippen LogP contribution in [0.25, 0.3) is 5.69 Å². The maximum atomic E-state index is 11.6. The molecule has 0 saturated carbocycles. The summed E-state index contributed by atoms with van der Waals surface area (Å²) in [5.41, 5.74) is 6.85. The average Bonchev–Trinajstić information content (AvgIpc) is 2.90. The normalized spacial score (nSPS) is 10.3. The molecule has 0 aliphatic rings. The maximum absolute atomic E-state index is 11.6. The average molecular weight is 246 g/mol. The number of benzene rings is 1. The molecule has 0 aliphatic heterocycles. The highest BCUT2D eigenvalue weighted by atomic mass is 16.1. The summed E-state index contributed by atoms with van der Waals surface area (Å²) in [4.78, 5) is 11.6. The number of amides is 1. The second-order valence-electron chi connectivity index (χ2n) is 3.75. The van der Waals surface area contributed by atoms with Gasteiger partial charge in [-0.1, -0.05) is 6.07 Å². The predicted octanol–water partition coefficient (Wildman–Crippen LogP) is 0.340. The Morgan fingerprint density at radius 3 is 3.06 bits per heavy atom. The highest BCUT2D eigenvalue weighted by molar-refractivity contribution is 5.90. The first kappa shape index (κ1) is 12.2. The summed E-state index contributed by atoms with van der Waals surface area (Å²) in [6.07, 6.45) is 2.60. The van der Waals surface area contributed by atoms with Crippen molar-refractivity contribution in [1.82, 2.24) is 20.2 Å². The van der Waals surface area contributed by atoms with Crippen LogP contribution in [0.2, 0.25) is 0 Å². The first-order valence-electron chi connectivity index (χ1n) is 5.63. The van der Waals surface area contributed by atoms with E-state index in [1.54, 1.807) is 6.07 Å². The van der Waals surface area contributed by atoms with Crippen molar-refractivity contribution < 1.29 is 4.79 Å². The summed E-state index contributed by atoms with van der Waals surface area (Å²) >= 11 is 0. The van der Waals surface area contributed by atoms with E-state index in [4.69, 9.17) is 5.73 Å². The molecule has 0 fully saturated rings. The lowest BCUT2D eigenvalue weighted by Gasteiger charge is -2.06. The molecule has 3 N–H and O–H groups in total. The molecule has 0 saturated heterocycles. The Bertz CT molecular complexity index is 510. The Labute approximate surface area is 104 Å². The van der Waals surface area contributed by atoms with Gasteiger partial charge in [-0.05, 0) is 41.6 Å². The number of carbonyl (C=O) groups is 1. The van der Waals surface area contributed by atoms with Gasteiger partial charge in [-0.25, -0.2) is 4.68 Å². The van der Waals surface area contributed by atoms with Gasteiger partial charge in [0.1, 0.15) is 6.33 Å². The molecule has 1 aromatic heterocycles. The Morgan fingerprint density at radius 1 is 1.44 bits per heavy atom. The van der Waals surface area contributed by atoms with E-state index in [9.17, 15) is 4.79 Å². The molecule has 0 bridgehead atoms. The molecule has 2 aromatic rings. The summed E-state index contributed by atoms with van der Waals surface area (Å²) in [5.74, 6) is -0.0469. The number of hydrogen-bond donors (Lipinski definition) is 2. The van der Waals surface area contributed by atoms with Crippen molar-refractivity contribution in [1.29, 1.82) is 0 Å². The van der Waals surface area contributed by atoms with E-state index in [-0.39, 0.29) is 5.91 Å². The van der Waals surface area contributed by atoms with Crippen LogP contribution in [0.3, 0.4) is 0 Å². The first-order valence-corrected chi connectivity index (χ1v) is 5.63. The number of anilines is 1. The number of carbonyl (C=O) groups excluding carboxylic acids is 1. The number of nitrogens with one attached hydrogen (secondary N) is 1. The van der Waals surface area contributed by atoms with Crippen LogP contribution in [-0.4, -0.2) is 32.7 Å². The van der Waals surface area contributed by atoms with E-state index in [2.05, 4.69) is 20.8 Å². The van der Waals surface area contributed by atoms with Crippen molar-refractivity contribution in [3.63, 3.8) is 0 Å². The molecule has 0 aliphatic carbocycles. The maximum Gasteiger partial charge on any atom is 0.224 e. The lowest BCUT2D eigenvalue weighted by molar-refractivity contribution is -0.116. The van der Waals surface area contributed by atoms with Gasteiger partial charge in [0.15, 0.2) is 0 Å². The van der Waals surface area contributed by atoms with Crippen LogP contribution in [-0.2, 0) is 4.79 Å². The van der Waals surface area contributed by atoms with Gasteiger partial charge in [0.2, 0.25) is 5.91 Å². The van der Waals surface area contributed by atoms with Crippen LogP contribution in [0.1, 0.15) is 12.8 Å². The minimum atomic E-state index is -0.0469. The number of rotatable bonds is 5. The van der Waals surface area contributed by atoms with Crippen molar-refractivity contribution in [2.45, 2.75) is 12.8 Å². The van der Waals surface area contributed by atoms with E-state index in [0.717, 1.165) is 5.69 Å². The van der Waals surface area contributed by atoms with Gasteiger partial charge in [-0.15, -0.1) is 5.10 Å². The third-order valence-corrected chi connectivity index (χ3v) is 2.35. The number of tetrazole rings is 1. The molecule has 7 nitrogen and oxygen atoms in total. The van der Waals surface area contributed by atoms with Crippen molar-refractivity contribution in [3.8, 4) is 5.69 Å². The van der Waals surface area contributed by atoms with Gasteiger partial charge >= 0.3 is 0 Å². The summed E-state index contributed by atoms with van der Waals surface area (Å²) in [7, 11) is 0. The van der Waals surface area contributed by atoms with Gasteiger partial charge < -0.3 is 11.1 Å². The summed E-state index contributed by atoms with van der Waals surface area (Å²) < 4.78 is 1.52. The van der Waals surface area contributed by atoms with Crippen LogP contribution in [0.4, 0.5) is 5.69 Å². The Balaban J connectivity index is 2.06. The van der Waals surface area contributed by atoms with Crippen molar-refractivity contribution in [2.24, 2.45) is 5.73 Å². The molecule has 18 heavy (non-hydrogen) atoms. The minimum absolute atomic E-state index is 0.0469. The third-order valence-electron chi connectivity index (χ3n) is 2.35. The lowest BCUT2D eigenvalue weighted by Crippen LogP contribution is -2.13. The van der Waals surface area contributed by atoms with Gasteiger partial charge in [-0.2, -0.15) is 0 Å². The molecule has 1 aromatic carbocycles. The largest absolute Gasteiger partial charge is 0.330 e. The molecular formula is C11H14N6O. The fraction of sp³-hybridized carbons (Fsp3) is 0.273. The van der Waals surface area contributed by atoms with E-state index in [1.165, 1.54) is 11.0 Å². The minimum Gasteiger partial charge on any atom is -0.330 e. The monoisotopic (exact) mass is 246 g/mol. The van der Waals surface area contributed by atoms with Crippen molar-refractivity contribution in [3.05, 3.63) is 30.6 Å². The van der Waals surface area contributed by atoms with E-state index in [1.807, 2.05) is 18.2 Å². The molecule has 0 atom stereocenters. The van der Waals surface area contributed by atoms with Gasteiger partial charge in [0, 0.05) is 12.1 Å². The zero-order chi connectivity index (χ0) is 12.8. The SMILES string of the molecule is NCCCC(=O)Nc1cccc(-n2cnnn2)c1. The molecule has 1 amide bonds. The molecule has 0 radical (unpaired) electrons. The molecule has 1 heterocycles. The van der Waals surface area contributed by atoms with Crippen LogP contribution < -0.4 is 11.1 Å². The van der Waals surface area contributed by atoms with Crippen molar-refractivity contribution >= 4 is 11.6 Å². The van der Waals surface area contributed by atoms with Crippen molar-refractivity contribution in [2.75, 3.05) is 11.9 Å². The molecule has 0 spiro atoms. The predicted molar refractivity (Wildman–Crippen MR) is 66.1 cm³/mol. The smallest absolute Gasteiger partial charge is 0.224 e. The van der Waals surface area contributed by atoms with E-state index in [0.29, 0.717) is 25.1 Å². The van der Waals surface area contributed by atoms with Crippen LogP contribution in [0.15, 0.2) is 30.6 Å². The van der Waals surface area contributed by atoms with Crippen LogP contribution >= 0.6 is 0 Å². The van der Waals surface area contributed by atoms with Crippen LogP contribution in [0.5, 0.6) is 0 Å². The highest BCUT2D eigenvalue weighted by Gasteiger charge is 2.03. The number of aromatic nitrogens is 4. The fourth-order valence-corrected chi connectivity index (χ4v) is 1.49. The Kier molecular flexibility index (Phi) is 3.98. The quantitative estimate of drug-likeness (QED) is 0.792. The summed E-state index contributed by atoms with van der Waals surface area (Å²) in [5, 5.41) is 13.7. The van der Waals surface area contributed by atoms with Gasteiger partial charge in [-0.3, -0.25) is 4.79 Å². The molecule has 2 rings (SSSR count). The zero-order valence-electron chi connectivity index (χ0n) is 9.78. The third kappa shape index (κ3) is 3.11. The Hall–Kier alpha value is -2.28. The van der Waals surface area contributed by atoms with E-state index >= 15 is 0 Å². The first-order chi connectivity index (χ1) is 8.79. The molecule has 7 heteroatoms. The molecular weight excluding hydrogens is 232 g/mol. The lowest BCUT2D eigenvalue weighted by atomic mass is 10.2. The zero-order valence-corrected chi connectivity index (χ0v) is 9.78. The summed E-state index contributed by atoms with van der Waals surface area (Å²) in [6.45, 7) is 0.512. The second-order valence-corrected chi connectivity index (χ2v) is 3.75. The number of hydrogen-bond acceptors (Lipinski definition) is 5. The van der Waals surface area contributed by atoms with E-state index < -0.39 is 0 Å². The van der Waals surface area contributed by atoms with Crippen LogP contribution in [0, 0.1) is 0 Å². The van der Waals surface area contributed by atoms with Gasteiger partial charge in [0.05, 0.1) is 5.69 Å². The molecule has 94 valence electrons. The second kappa shape index (κ2) is 5.87. The highest BCUT2D eigenvalue weighted by Crippen LogP contribution is 2.13. The number of nitrogens with zero attached hydrogens (tertiary/aromatic N) is 4. The standard InChI is InChI=1S/C11H14N6O/c12-6-2-5-11(18)14-9-3-1-4-10(7-9)17-8-13-15-16-17/h1,3-4,7-8H,2,5-6,12H2,(H,14,18). The Morgan fingerprint density at radius 2 is 2.33 bits per heavy atom. The fourth-order valence-electron chi connectivity index (χ4n) is 1.49. The van der Waals surface area contributed by atoms with Gasteiger partial charge in [0.25, 0.3) is 0 Å². The number of nitrogens with two attached hydrogens (primary N) is 1.